The van der Waals surface area contributed by atoms with Gasteiger partial charge in [0.15, 0.2) is 0 Å². The van der Waals surface area contributed by atoms with Crippen LogP contribution in [0.2, 0.25) is 10.0 Å². The molecule has 1 N–H and O–H groups in total. The van der Waals surface area contributed by atoms with Crippen LogP contribution in [0, 0.1) is 5.82 Å². The molecule has 2 aromatic carbocycles. The van der Waals surface area contributed by atoms with E-state index in [0.29, 0.717) is 16.6 Å². The zero-order chi connectivity index (χ0) is 14.1. The van der Waals surface area contributed by atoms with Gasteiger partial charge < -0.3 is 5.32 Å². The quantitative estimate of drug-likeness (QED) is 0.790. The molecule has 0 radical (unpaired) electrons. The highest BCUT2D eigenvalue weighted by atomic mass is 35.5. The van der Waals surface area contributed by atoms with Gasteiger partial charge in [0.1, 0.15) is 5.82 Å². The molecule has 0 amide bonds. The van der Waals surface area contributed by atoms with Gasteiger partial charge >= 0.3 is 0 Å². The highest BCUT2D eigenvalue weighted by molar-refractivity contribution is 6.31. The molecule has 0 heterocycles. The number of rotatable bonds is 3. The van der Waals surface area contributed by atoms with Crippen molar-refractivity contribution in [1.82, 2.24) is 0 Å². The Morgan fingerprint density at radius 1 is 1.00 bits per heavy atom. The van der Waals surface area contributed by atoms with Crippen LogP contribution in [0.25, 0.3) is 0 Å². The lowest BCUT2D eigenvalue weighted by molar-refractivity contribution is 0.373. The molecule has 0 aliphatic heterocycles. The number of benzene rings is 2. The Balaban J connectivity index is 1.62. The highest BCUT2D eigenvalue weighted by Gasteiger charge is 2.30. The lowest BCUT2D eigenvalue weighted by Crippen LogP contribution is -2.34. The van der Waals surface area contributed by atoms with Crippen LogP contribution in [0.1, 0.15) is 24.3 Å². The van der Waals surface area contributed by atoms with Gasteiger partial charge in [0.25, 0.3) is 0 Å². The van der Waals surface area contributed by atoms with Crippen molar-refractivity contribution in [3.63, 3.8) is 0 Å². The summed E-state index contributed by atoms with van der Waals surface area (Å²) >= 11 is 11.9. The molecule has 104 valence electrons. The van der Waals surface area contributed by atoms with Crippen molar-refractivity contribution >= 4 is 28.9 Å². The van der Waals surface area contributed by atoms with Crippen LogP contribution in [-0.4, -0.2) is 6.04 Å². The lowest BCUT2D eigenvalue weighted by atomic mass is 9.76. The van der Waals surface area contributed by atoms with Gasteiger partial charge in [0.05, 0.1) is 5.69 Å². The number of hydrogen-bond donors (Lipinski definition) is 1. The van der Waals surface area contributed by atoms with Gasteiger partial charge in [0.2, 0.25) is 0 Å². The first-order valence-corrected chi connectivity index (χ1v) is 7.34. The third-order valence-corrected chi connectivity index (χ3v) is 4.22. The zero-order valence-electron chi connectivity index (χ0n) is 10.7. The van der Waals surface area contributed by atoms with Crippen LogP contribution in [0.15, 0.2) is 42.5 Å². The minimum absolute atomic E-state index is 0.263. The molecule has 1 aliphatic carbocycles. The fraction of sp³-hybridized carbons (Fsp3) is 0.250. The molecule has 2 aromatic rings. The summed E-state index contributed by atoms with van der Waals surface area (Å²) in [7, 11) is 0. The summed E-state index contributed by atoms with van der Waals surface area (Å²) < 4.78 is 13.6. The Hall–Kier alpha value is -1.25. The van der Waals surface area contributed by atoms with E-state index in [1.807, 2.05) is 18.2 Å². The number of anilines is 1. The molecule has 0 saturated heterocycles. The van der Waals surface area contributed by atoms with Crippen LogP contribution in [0.3, 0.4) is 0 Å². The van der Waals surface area contributed by atoms with Crippen LogP contribution >= 0.6 is 23.2 Å². The Morgan fingerprint density at radius 3 is 2.50 bits per heavy atom. The number of nitrogens with one attached hydrogen (secondary N) is 1. The smallest absolute Gasteiger partial charge is 0.146 e. The standard InChI is InChI=1S/C16H14Cl2FN/c17-12-3-1-2-10(6-12)11-7-14(8-11)20-16-9-13(18)4-5-15(16)19/h1-6,9,11,14,20H,7-8H2. The Morgan fingerprint density at radius 2 is 1.75 bits per heavy atom. The molecule has 0 spiro atoms. The maximum atomic E-state index is 13.6. The summed E-state index contributed by atoms with van der Waals surface area (Å²) in [6, 6.07) is 12.8. The minimum Gasteiger partial charge on any atom is -0.380 e. The predicted molar refractivity (Wildman–Crippen MR) is 82.2 cm³/mol. The molecule has 1 nitrogen and oxygen atoms in total. The Kier molecular flexibility index (Phi) is 3.86. The van der Waals surface area contributed by atoms with Gasteiger partial charge in [-0.1, -0.05) is 35.3 Å². The summed E-state index contributed by atoms with van der Waals surface area (Å²) in [6.07, 6.45) is 1.96. The van der Waals surface area contributed by atoms with E-state index in [4.69, 9.17) is 23.2 Å². The van der Waals surface area contributed by atoms with E-state index in [9.17, 15) is 4.39 Å². The molecule has 0 aromatic heterocycles. The van der Waals surface area contributed by atoms with Gasteiger partial charge in [-0.3, -0.25) is 0 Å². The van der Waals surface area contributed by atoms with E-state index >= 15 is 0 Å². The van der Waals surface area contributed by atoms with Crippen LogP contribution in [-0.2, 0) is 0 Å². The third kappa shape index (κ3) is 2.92. The molecule has 0 bridgehead atoms. The van der Waals surface area contributed by atoms with Crippen molar-refractivity contribution in [2.75, 3.05) is 5.32 Å². The molecular formula is C16H14Cl2FN. The highest BCUT2D eigenvalue weighted by Crippen LogP contribution is 2.39. The van der Waals surface area contributed by atoms with Gasteiger partial charge in [-0.05, 0) is 54.7 Å². The van der Waals surface area contributed by atoms with Crippen LogP contribution < -0.4 is 5.32 Å². The average Bonchev–Trinajstić information content (AvgIpc) is 2.37. The summed E-state index contributed by atoms with van der Waals surface area (Å²) in [4.78, 5) is 0. The van der Waals surface area contributed by atoms with E-state index in [0.717, 1.165) is 17.9 Å². The second-order valence-electron chi connectivity index (χ2n) is 5.19. The SMILES string of the molecule is Fc1ccc(Cl)cc1NC1CC(c2cccc(Cl)c2)C1. The fourth-order valence-corrected chi connectivity index (χ4v) is 2.97. The van der Waals surface area contributed by atoms with Crippen molar-refractivity contribution in [1.29, 1.82) is 0 Å². The third-order valence-electron chi connectivity index (χ3n) is 3.75. The zero-order valence-corrected chi connectivity index (χ0v) is 12.3. The monoisotopic (exact) mass is 309 g/mol. The maximum absolute atomic E-state index is 13.6. The molecule has 0 atom stereocenters. The second-order valence-corrected chi connectivity index (χ2v) is 6.06. The largest absolute Gasteiger partial charge is 0.380 e. The topological polar surface area (TPSA) is 12.0 Å². The van der Waals surface area contributed by atoms with E-state index in [-0.39, 0.29) is 11.9 Å². The number of hydrogen-bond acceptors (Lipinski definition) is 1. The normalized spacial score (nSPS) is 21.4. The summed E-state index contributed by atoms with van der Waals surface area (Å²) in [5, 5.41) is 4.51. The molecule has 20 heavy (non-hydrogen) atoms. The molecule has 1 aliphatic rings. The van der Waals surface area contributed by atoms with Gasteiger partial charge in [-0.25, -0.2) is 4.39 Å². The van der Waals surface area contributed by atoms with Crippen LogP contribution in [0.5, 0.6) is 0 Å². The van der Waals surface area contributed by atoms with Crippen molar-refractivity contribution in [3.8, 4) is 0 Å². The second kappa shape index (κ2) is 5.63. The van der Waals surface area contributed by atoms with E-state index in [2.05, 4.69) is 11.4 Å². The average molecular weight is 310 g/mol. The Labute approximate surface area is 127 Å². The predicted octanol–water partition coefficient (Wildman–Crippen LogP) is 5.49. The molecule has 3 rings (SSSR count). The van der Waals surface area contributed by atoms with Crippen LogP contribution in [0.4, 0.5) is 10.1 Å². The van der Waals surface area contributed by atoms with E-state index in [1.165, 1.54) is 11.6 Å². The lowest BCUT2D eigenvalue weighted by Gasteiger charge is -2.37. The fourth-order valence-electron chi connectivity index (χ4n) is 2.60. The van der Waals surface area contributed by atoms with E-state index < -0.39 is 0 Å². The summed E-state index contributed by atoms with van der Waals surface area (Å²) in [5.41, 5.74) is 1.73. The number of halogens is 3. The van der Waals surface area contributed by atoms with Gasteiger partial charge in [0, 0.05) is 16.1 Å². The van der Waals surface area contributed by atoms with Crippen molar-refractivity contribution in [2.45, 2.75) is 24.8 Å². The molecular weight excluding hydrogens is 296 g/mol. The van der Waals surface area contributed by atoms with Gasteiger partial charge in [-0.2, -0.15) is 0 Å². The van der Waals surface area contributed by atoms with E-state index in [1.54, 1.807) is 12.1 Å². The Bertz CT molecular complexity index is 624. The minimum atomic E-state index is -0.263. The van der Waals surface area contributed by atoms with Crippen molar-refractivity contribution in [3.05, 3.63) is 63.9 Å². The maximum Gasteiger partial charge on any atom is 0.146 e. The first-order valence-electron chi connectivity index (χ1n) is 6.59. The summed E-state index contributed by atoms with van der Waals surface area (Å²) in [6.45, 7) is 0. The first kappa shape index (κ1) is 13.7. The first-order chi connectivity index (χ1) is 9.61. The summed E-state index contributed by atoms with van der Waals surface area (Å²) in [5.74, 6) is 0.231. The van der Waals surface area contributed by atoms with Gasteiger partial charge in [-0.15, -0.1) is 0 Å². The molecule has 1 saturated carbocycles. The molecule has 4 heteroatoms. The van der Waals surface area contributed by atoms with Crippen molar-refractivity contribution in [2.24, 2.45) is 0 Å². The molecule has 1 fully saturated rings. The van der Waals surface area contributed by atoms with Crippen molar-refractivity contribution < 1.29 is 4.39 Å². The molecule has 0 unspecified atom stereocenters.